The van der Waals surface area contributed by atoms with Crippen LogP contribution in [0.5, 0.6) is 0 Å². The number of carbonyl (C=O) groups is 2. The van der Waals surface area contributed by atoms with E-state index in [1.165, 1.54) is 11.3 Å². The third kappa shape index (κ3) is 4.33. The molecule has 4 heteroatoms. The van der Waals surface area contributed by atoms with Crippen molar-refractivity contribution in [2.75, 3.05) is 4.90 Å². The predicted octanol–water partition coefficient (Wildman–Crippen LogP) is 6.67. The number of nitrogens with zero attached hydrogens (tertiary/aromatic N) is 1. The minimum atomic E-state index is -0.159. The van der Waals surface area contributed by atoms with Crippen LogP contribution in [0, 0.1) is 0 Å². The molecule has 0 spiro atoms. The number of rotatable bonds is 7. The molecule has 0 aliphatic heterocycles. The van der Waals surface area contributed by atoms with Gasteiger partial charge in [-0.2, -0.15) is 0 Å². The van der Waals surface area contributed by atoms with Crippen LogP contribution in [-0.4, -0.2) is 11.6 Å². The van der Waals surface area contributed by atoms with Crippen LogP contribution in [0.3, 0.4) is 0 Å². The molecule has 3 aromatic carbocycles. The molecule has 3 nitrogen and oxygen atoms in total. The van der Waals surface area contributed by atoms with Gasteiger partial charge in [0.05, 0.1) is 11.3 Å². The van der Waals surface area contributed by atoms with Gasteiger partial charge in [0.15, 0.2) is 11.6 Å². The average Bonchev–Trinajstić information content (AvgIpc) is 3.26. The summed E-state index contributed by atoms with van der Waals surface area (Å²) in [5, 5.41) is 0.929. The number of thiophene rings is 1. The molecule has 0 saturated heterocycles. The molecule has 0 aliphatic carbocycles. The zero-order valence-electron chi connectivity index (χ0n) is 15.7. The summed E-state index contributed by atoms with van der Waals surface area (Å²) in [6.07, 6.45) is -0.124. The molecule has 0 unspecified atom stereocenters. The smallest absolute Gasteiger partial charge is 0.180 e. The standard InChI is InChI=1S/C25H19NO2S/c27-22(19-10-4-1-5-11-19)18-23(28)24-16-17-25(29-24)26(20-12-6-2-7-13-20)21-14-8-3-9-15-21/h1-17H,18H2. The second-order valence-electron chi connectivity index (χ2n) is 6.53. The molecule has 0 fully saturated rings. The van der Waals surface area contributed by atoms with E-state index in [1.807, 2.05) is 72.8 Å². The third-order valence-electron chi connectivity index (χ3n) is 4.53. The van der Waals surface area contributed by atoms with Crippen LogP contribution in [-0.2, 0) is 0 Å². The first-order valence-electron chi connectivity index (χ1n) is 9.34. The number of ketones is 2. The fraction of sp³-hybridized carbons (Fsp3) is 0.0400. The highest BCUT2D eigenvalue weighted by atomic mass is 32.1. The molecule has 4 aromatic rings. The van der Waals surface area contributed by atoms with Crippen molar-refractivity contribution in [3.63, 3.8) is 0 Å². The molecule has 142 valence electrons. The number of para-hydroxylation sites is 2. The summed E-state index contributed by atoms with van der Waals surface area (Å²) in [6.45, 7) is 0. The Labute approximate surface area is 173 Å². The number of anilines is 3. The second-order valence-corrected chi connectivity index (χ2v) is 7.60. The molecular weight excluding hydrogens is 378 g/mol. The van der Waals surface area contributed by atoms with Crippen LogP contribution in [0.4, 0.5) is 16.4 Å². The Morgan fingerprint density at radius 1 is 0.621 bits per heavy atom. The number of Topliss-reactive ketones (excluding diaryl/α,β-unsaturated/α-hetero) is 2. The largest absolute Gasteiger partial charge is 0.302 e. The molecule has 0 N–H and O–H groups in total. The summed E-state index contributed by atoms with van der Waals surface area (Å²) >= 11 is 1.40. The first kappa shape index (κ1) is 18.8. The van der Waals surface area contributed by atoms with Crippen molar-refractivity contribution in [1.82, 2.24) is 0 Å². The van der Waals surface area contributed by atoms with Crippen molar-refractivity contribution in [2.45, 2.75) is 6.42 Å². The van der Waals surface area contributed by atoms with E-state index in [9.17, 15) is 9.59 Å². The maximum atomic E-state index is 12.7. The summed E-state index contributed by atoms with van der Waals surface area (Å²) in [4.78, 5) is 27.8. The van der Waals surface area contributed by atoms with Crippen molar-refractivity contribution >= 4 is 39.3 Å². The second kappa shape index (κ2) is 8.67. The van der Waals surface area contributed by atoms with Crippen LogP contribution in [0.1, 0.15) is 26.5 Å². The van der Waals surface area contributed by atoms with Gasteiger partial charge in [-0.05, 0) is 36.4 Å². The molecule has 0 amide bonds. The van der Waals surface area contributed by atoms with Crippen molar-refractivity contribution < 1.29 is 9.59 Å². The zero-order chi connectivity index (χ0) is 20.1. The van der Waals surface area contributed by atoms with Gasteiger partial charge in [0.25, 0.3) is 0 Å². The van der Waals surface area contributed by atoms with Crippen molar-refractivity contribution in [3.8, 4) is 0 Å². The van der Waals surface area contributed by atoms with E-state index in [0.29, 0.717) is 10.4 Å². The Balaban J connectivity index is 1.60. The Hall–Kier alpha value is -3.50. The highest BCUT2D eigenvalue weighted by molar-refractivity contribution is 7.18. The van der Waals surface area contributed by atoms with Crippen LogP contribution in [0.25, 0.3) is 0 Å². The van der Waals surface area contributed by atoms with Gasteiger partial charge < -0.3 is 4.90 Å². The lowest BCUT2D eigenvalue weighted by atomic mass is 10.1. The van der Waals surface area contributed by atoms with Gasteiger partial charge in [-0.25, -0.2) is 0 Å². The molecule has 1 heterocycles. The molecule has 0 atom stereocenters. The van der Waals surface area contributed by atoms with Crippen molar-refractivity contribution in [3.05, 3.63) is 114 Å². The van der Waals surface area contributed by atoms with E-state index in [2.05, 4.69) is 4.90 Å². The fourth-order valence-electron chi connectivity index (χ4n) is 3.11. The fourth-order valence-corrected chi connectivity index (χ4v) is 4.10. The predicted molar refractivity (Wildman–Crippen MR) is 119 cm³/mol. The van der Waals surface area contributed by atoms with Gasteiger partial charge in [0, 0.05) is 16.9 Å². The van der Waals surface area contributed by atoms with E-state index in [0.717, 1.165) is 16.4 Å². The lowest BCUT2D eigenvalue weighted by Crippen LogP contribution is -2.08. The Morgan fingerprint density at radius 2 is 1.14 bits per heavy atom. The van der Waals surface area contributed by atoms with E-state index in [-0.39, 0.29) is 18.0 Å². The van der Waals surface area contributed by atoms with Gasteiger partial charge in [-0.15, -0.1) is 11.3 Å². The van der Waals surface area contributed by atoms with Crippen molar-refractivity contribution in [1.29, 1.82) is 0 Å². The first-order valence-corrected chi connectivity index (χ1v) is 10.2. The van der Waals surface area contributed by atoms with Gasteiger partial charge in [-0.1, -0.05) is 66.7 Å². The minimum absolute atomic E-state index is 0.124. The van der Waals surface area contributed by atoms with Crippen molar-refractivity contribution in [2.24, 2.45) is 0 Å². The molecule has 0 bridgehead atoms. The van der Waals surface area contributed by atoms with Gasteiger partial charge in [0.1, 0.15) is 5.00 Å². The SMILES string of the molecule is O=C(CC(=O)c1ccc(N(c2ccccc2)c2ccccc2)s1)c1ccccc1. The molecule has 1 aromatic heterocycles. The molecule has 0 aliphatic rings. The number of hydrogen-bond acceptors (Lipinski definition) is 4. The number of hydrogen-bond donors (Lipinski definition) is 0. The molecule has 29 heavy (non-hydrogen) atoms. The lowest BCUT2D eigenvalue weighted by molar-refractivity contribution is 0.0896. The molecule has 0 saturated carbocycles. The van der Waals surface area contributed by atoms with E-state index in [4.69, 9.17) is 0 Å². The Bertz CT molecular complexity index is 1070. The van der Waals surface area contributed by atoms with Crippen LogP contribution in [0.2, 0.25) is 0 Å². The lowest BCUT2D eigenvalue weighted by Gasteiger charge is -2.23. The van der Waals surface area contributed by atoms with Crippen LogP contribution in [0.15, 0.2) is 103 Å². The highest BCUT2D eigenvalue weighted by Crippen LogP contribution is 2.38. The number of carbonyl (C=O) groups excluding carboxylic acids is 2. The molecular formula is C25H19NO2S. The Morgan fingerprint density at radius 3 is 1.69 bits per heavy atom. The summed E-state index contributed by atoms with van der Waals surface area (Å²) in [5.74, 6) is -0.315. The maximum absolute atomic E-state index is 12.7. The molecule has 0 radical (unpaired) electrons. The van der Waals surface area contributed by atoms with Gasteiger partial charge in [-0.3, -0.25) is 9.59 Å². The summed E-state index contributed by atoms with van der Waals surface area (Å²) in [7, 11) is 0. The monoisotopic (exact) mass is 397 g/mol. The zero-order valence-corrected chi connectivity index (χ0v) is 16.5. The van der Waals surface area contributed by atoms with E-state index in [1.54, 1.807) is 30.3 Å². The summed E-state index contributed by atoms with van der Waals surface area (Å²) in [5.41, 5.74) is 2.59. The minimum Gasteiger partial charge on any atom is -0.302 e. The van der Waals surface area contributed by atoms with E-state index < -0.39 is 0 Å². The summed E-state index contributed by atoms with van der Waals surface area (Å²) in [6, 6.07) is 32.7. The summed E-state index contributed by atoms with van der Waals surface area (Å²) < 4.78 is 0. The number of benzene rings is 3. The first-order chi connectivity index (χ1) is 14.2. The van der Waals surface area contributed by atoms with Crippen LogP contribution >= 0.6 is 11.3 Å². The Kier molecular flexibility index (Phi) is 5.63. The molecule has 4 rings (SSSR count). The van der Waals surface area contributed by atoms with Gasteiger partial charge in [0.2, 0.25) is 0 Å². The van der Waals surface area contributed by atoms with Gasteiger partial charge >= 0.3 is 0 Å². The average molecular weight is 397 g/mol. The normalized spacial score (nSPS) is 10.5. The third-order valence-corrected chi connectivity index (χ3v) is 5.64. The van der Waals surface area contributed by atoms with Crippen LogP contribution < -0.4 is 4.90 Å². The van der Waals surface area contributed by atoms with E-state index >= 15 is 0 Å². The topological polar surface area (TPSA) is 37.4 Å². The maximum Gasteiger partial charge on any atom is 0.180 e. The highest BCUT2D eigenvalue weighted by Gasteiger charge is 2.19. The quantitative estimate of drug-likeness (QED) is 0.258.